The Bertz CT molecular complexity index is 740. The van der Waals surface area contributed by atoms with Crippen LogP contribution in [0.15, 0.2) is 36.5 Å². The fourth-order valence-electron chi connectivity index (χ4n) is 3.09. The summed E-state index contributed by atoms with van der Waals surface area (Å²) in [5.74, 6) is 0.244. The molecule has 7 nitrogen and oxygen atoms in total. The van der Waals surface area contributed by atoms with Crippen LogP contribution >= 0.6 is 0 Å². The van der Waals surface area contributed by atoms with Crippen molar-refractivity contribution in [1.29, 1.82) is 0 Å². The van der Waals surface area contributed by atoms with Gasteiger partial charge in [0.25, 0.3) is 5.91 Å². The van der Waals surface area contributed by atoms with Crippen molar-refractivity contribution in [2.75, 3.05) is 50.5 Å². The van der Waals surface area contributed by atoms with Gasteiger partial charge in [0.1, 0.15) is 5.69 Å². The maximum Gasteiger partial charge on any atom is 0.270 e. The third-order valence-electron chi connectivity index (χ3n) is 4.55. The fourth-order valence-corrected chi connectivity index (χ4v) is 3.09. The van der Waals surface area contributed by atoms with Crippen molar-refractivity contribution < 1.29 is 4.79 Å². The molecule has 3 rings (SSSR count). The molecule has 2 heterocycles. The summed E-state index contributed by atoms with van der Waals surface area (Å²) in [5.41, 5.74) is 2.51. The summed E-state index contributed by atoms with van der Waals surface area (Å²) in [7, 11) is 4.03. The predicted molar refractivity (Wildman–Crippen MR) is 109 cm³/mol. The Morgan fingerprint density at radius 1 is 1.15 bits per heavy atom. The van der Waals surface area contributed by atoms with Gasteiger partial charge in [0.05, 0.1) is 0 Å². The lowest BCUT2D eigenvalue weighted by molar-refractivity contribution is 0.0947. The third kappa shape index (κ3) is 5.65. The van der Waals surface area contributed by atoms with Crippen LogP contribution in [-0.2, 0) is 0 Å². The van der Waals surface area contributed by atoms with Crippen LogP contribution in [0.5, 0.6) is 0 Å². The van der Waals surface area contributed by atoms with E-state index in [2.05, 4.69) is 42.5 Å². The van der Waals surface area contributed by atoms with E-state index in [1.165, 1.54) is 18.5 Å². The van der Waals surface area contributed by atoms with Gasteiger partial charge in [-0.1, -0.05) is 0 Å². The zero-order chi connectivity index (χ0) is 19.1. The summed E-state index contributed by atoms with van der Waals surface area (Å²) < 4.78 is 0. The molecule has 0 bridgehead atoms. The maximum absolute atomic E-state index is 12.2. The van der Waals surface area contributed by atoms with Gasteiger partial charge in [-0.2, -0.15) is 0 Å². The number of aromatic nitrogens is 2. The van der Waals surface area contributed by atoms with Crippen LogP contribution in [0.2, 0.25) is 0 Å². The van der Waals surface area contributed by atoms with Gasteiger partial charge in [0, 0.05) is 37.2 Å². The molecule has 1 fully saturated rings. The minimum atomic E-state index is -0.177. The zero-order valence-corrected chi connectivity index (χ0v) is 16.1. The Balaban J connectivity index is 1.56. The smallest absolute Gasteiger partial charge is 0.270 e. The van der Waals surface area contributed by atoms with Crippen molar-refractivity contribution >= 4 is 23.2 Å². The molecule has 0 radical (unpaired) electrons. The largest absolute Gasteiger partial charge is 0.372 e. The van der Waals surface area contributed by atoms with Crippen LogP contribution in [0.1, 0.15) is 29.8 Å². The molecule has 1 aliphatic heterocycles. The molecule has 0 saturated carbocycles. The molecule has 0 atom stereocenters. The van der Waals surface area contributed by atoms with Gasteiger partial charge in [0.15, 0.2) is 0 Å². The van der Waals surface area contributed by atoms with Crippen LogP contribution in [0.3, 0.4) is 0 Å². The Kier molecular flexibility index (Phi) is 6.59. The summed E-state index contributed by atoms with van der Waals surface area (Å²) in [4.78, 5) is 25.3. The summed E-state index contributed by atoms with van der Waals surface area (Å²) in [6.07, 6.45) is 5.02. The predicted octanol–water partition coefficient (Wildman–Crippen LogP) is 2.50. The van der Waals surface area contributed by atoms with Gasteiger partial charge in [0.2, 0.25) is 5.95 Å². The molecule has 144 valence electrons. The highest BCUT2D eigenvalue weighted by atomic mass is 16.1. The van der Waals surface area contributed by atoms with E-state index in [0.29, 0.717) is 18.2 Å². The van der Waals surface area contributed by atoms with E-state index in [4.69, 9.17) is 0 Å². The molecule has 0 unspecified atom stereocenters. The van der Waals surface area contributed by atoms with Crippen LogP contribution in [0, 0.1) is 0 Å². The Hall–Kier alpha value is -2.67. The average molecular weight is 368 g/mol. The van der Waals surface area contributed by atoms with Crippen molar-refractivity contribution in [2.24, 2.45) is 0 Å². The van der Waals surface area contributed by atoms with Crippen molar-refractivity contribution in [3.63, 3.8) is 0 Å². The monoisotopic (exact) mass is 368 g/mol. The average Bonchev–Trinajstić information content (AvgIpc) is 3.20. The van der Waals surface area contributed by atoms with E-state index in [9.17, 15) is 4.79 Å². The zero-order valence-electron chi connectivity index (χ0n) is 16.1. The van der Waals surface area contributed by atoms with Crippen molar-refractivity contribution in [3.05, 3.63) is 42.2 Å². The number of rotatable bonds is 8. The van der Waals surface area contributed by atoms with E-state index in [1.807, 2.05) is 26.2 Å². The minimum Gasteiger partial charge on any atom is -0.372 e. The Morgan fingerprint density at radius 2 is 1.89 bits per heavy atom. The second-order valence-corrected chi connectivity index (χ2v) is 7.04. The molecule has 1 aliphatic rings. The van der Waals surface area contributed by atoms with Crippen LogP contribution in [0.25, 0.3) is 0 Å². The Morgan fingerprint density at radius 3 is 2.59 bits per heavy atom. The SMILES string of the molecule is CN(C)CCCNC(=O)c1ccnc(Nc2ccc(N3CCCC3)cc2)n1. The highest BCUT2D eigenvalue weighted by Crippen LogP contribution is 2.23. The van der Waals surface area contributed by atoms with E-state index < -0.39 is 0 Å². The van der Waals surface area contributed by atoms with Crippen molar-refractivity contribution in [2.45, 2.75) is 19.3 Å². The first-order valence-corrected chi connectivity index (χ1v) is 9.50. The highest BCUT2D eigenvalue weighted by molar-refractivity contribution is 5.92. The molecule has 1 amide bonds. The molecule has 7 heteroatoms. The molecule has 2 N–H and O–H groups in total. The lowest BCUT2D eigenvalue weighted by Crippen LogP contribution is -2.28. The number of benzene rings is 1. The van der Waals surface area contributed by atoms with Crippen LogP contribution in [-0.4, -0.2) is 61.0 Å². The first-order valence-electron chi connectivity index (χ1n) is 9.50. The van der Waals surface area contributed by atoms with E-state index in [0.717, 1.165) is 31.7 Å². The summed E-state index contributed by atoms with van der Waals surface area (Å²) in [6, 6.07) is 9.88. The third-order valence-corrected chi connectivity index (χ3v) is 4.55. The molecule has 0 spiro atoms. The number of nitrogens with one attached hydrogen (secondary N) is 2. The molecule has 2 aromatic rings. The normalized spacial score (nSPS) is 13.8. The number of amides is 1. The summed E-state index contributed by atoms with van der Waals surface area (Å²) >= 11 is 0. The molecule has 0 aliphatic carbocycles. The highest BCUT2D eigenvalue weighted by Gasteiger charge is 2.12. The molecular formula is C20H28N6O. The molecule has 27 heavy (non-hydrogen) atoms. The molecule has 1 aromatic heterocycles. The van der Waals surface area contributed by atoms with Gasteiger partial charge >= 0.3 is 0 Å². The number of carbonyl (C=O) groups is 1. The first kappa shape index (κ1) is 19.1. The van der Waals surface area contributed by atoms with E-state index in [-0.39, 0.29) is 5.91 Å². The summed E-state index contributed by atoms with van der Waals surface area (Å²) in [6.45, 7) is 3.81. The number of hydrogen-bond donors (Lipinski definition) is 2. The lowest BCUT2D eigenvalue weighted by atomic mass is 10.2. The van der Waals surface area contributed by atoms with E-state index in [1.54, 1.807) is 12.3 Å². The van der Waals surface area contributed by atoms with Gasteiger partial charge in [-0.15, -0.1) is 0 Å². The number of hydrogen-bond acceptors (Lipinski definition) is 6. The molecule has 1 aromatic carbocycles. The molecule has 1 saturated heterocycles. The van der Waals surface area contributed by atoms with Crippen molar-refractivity contribution in [3.8, 4) is 0 Å². The van der Waals surface area contributed by atoms with Crippen LogP contribution in [0.4, 0.5) is 17.3 Å². The van der Waals surface area contributed by atoms with Gasteiger partial charge in [-0.25, -0.2) is 9.97 Å². The molecular weight excluding hydrogens is 340 g/mol. The minimum absolute atomic E-state index is 0.177. The van der Waals surface area contributed by atoms with Gasteiger partial charge in [-0.05, 0) is 70.2 Å². The Labute approximate surface area is 160 Å². The topological polar surface area (TPSA) is 73.4 Å². The second-order valence-electron chi connectivity index (χ2n) is 7.04. The van der Waals surface area contributed by atoms with Gasteiger partial charge < -0.3 is 20.4 Å². The lowest BCUT2D eigenvalue weighted by Gasteiger charge is -2.17. The van der Waals surface area contributed by atoms with Crippen molar-refractivity contribution in [1.82, 2.24) is 20.2 Å². The van der Waals surface area contributed by atoms with E-state index >= 15 is 0 Å². The number of anilines is 3. The standard InChI is InChI=1S/C20H28N6O/c1-25(2)13-5-11-21-19(27)18-10-12-22-20(24-18)23-16-6-8-17(9-7-16)26-14-3-4-15-26/h6-10,12H,3-5,11,13-15H2,1-2H3,(H,21,27)(H,22,23,24). The fraction of sp³-hybridized carbons (Fsp3) is 0.450. The number of nitrogens with zero attached hydrogens (tertiary/aromatic N) is 4. The number of carbonyl (C=O) groups excluding carboxylic acids is 1. The summed E-state index contributed by atoms with van der Waals surface area (Å²) in [5, 5.41) is 6.07. The quantitative estimate of drug-likeness (QED) is 0.698. The maximum atomic E-state index is 12.2. The van der Waals surface area contributed by atoms with Crippen LogP contribution < -0.4 is 15.5 Å². The second kappa shape index (κ2) is 9.32. The first-order chi connectivity index (χ1) is 13.1. The van der Waals surface area contributed by atoms with Gasteiger partial charge in [-0.3, -0.25) is 4.79 Å².